The first-order valence-electron chi connectivity index (χ1n) is 6.16. The maximum Gasteiger partial charge on any atom is 0.0534 e. The Kier molecular flexibility index (Phi) is 3.96. The average Bonchev–Trinajstić information content (AvgIpc) is 2.77. The molecule has 4 heteroatoms. The van der Waals surface area contributed by atoms with Crippen LogP contribution in [0.15, 0.2) is 12.4 Å². The molecule has 0 aliphatic carbocycles. The Bertz CT molecular complexity index is 324. The normalized spacial score (nSPS) is 22.5. The van der Waals surface area contributed by atoms with Crippen molar-refractivity contribution < 1.29 is 5.11 Å². The van der Waals surface area contributed by atoms with Crippen molar-refractivity contribution in [3.05, 3.63) is 18.0 Å². The van der Waals surface area contributed by atoms with Crippen LogP contribution in [-0.2, 0) is 13.1 Å². The summed E-state index contributed by atoms with van der Waals surface area (Å²) in [6, 6.07) is 0. The molecule has 0 spiro atoms. The van der Waals surface area contributed by atoms with E-state index in [9.17, 15) is 5.11 Å². The summed E-state index contributed by atoms with van der Waals surface area (Å²) in [6.07, 6.45) is 6.43. The van der Waals surface area contributed by atoms with E-state index in [1.165, 1.54) is 18.4 Å². The van der Waals surface area contributed by atoms with Gasteiger partial charge in [0.1, 0.15) is 0 Å². The minimum atomic E-state index is 0.324. The molecule has 0 saturated carbocycles. The second kappa shape index (κ2) is 5.46. The lowest BCUT2D eigenvalue weighted by atomic mass is 9.99. The molecule has 1 aromatic heterocycles. The fourth-order valence-corrected chi connectivity index (χ4v) is 2.36. The van der Waals surface area contributed by atoms with Crippen molar-refractivity contribution in [2.75, 3.05) is 19.7 Å². The molecule has 1 fully saturated rings. The molecule has 90 valence electrons. The highest BCUT2D eigenvalue weighted by atomic mass is 16.3. The van der Waals surface area contributed by atoms with E-state index < -0.39 is 0 Å². The summed E-state index contributed by atoms with van der Waals surface area (Å²) < 4.78 is 1.96. The Morgan fingerprint density at radius 3 is 3.12 bits per heavy atom. The molecular formula is C12H21N3O. The smallest absolute Gasteiger partial charge is 0.0534 e. The van der Waals surface area contributed by atoms with Gasteiger partial charge in [-0.15, -0.1) is 0 Å². The Balaban J connectivity index is 1.88. The van der Waals surface area contributed by atoms with Crippen LogP contribution in [0.4, 0.5) is 0 Å². The summed E-state index contributed by atoms with van der Waals surface area (Å²) in [5, 5.41) is 13.5. The number of likely N-dealkylation sites (tertiary alicyclic amines) is 1. The Labute approximate surface area is 96.9 Å². The van der Waals surface area contributed by atoms with Gasteiger partial charge >= 0.3 is 0 Å². The number of nitrogens with zero attached hydrogens (tertiary/aromatic N) is 3. The van der Waals surface area contributed by atoms with E-state index in [1.54, 1.807) is 0 Å². The van der Waals surface area contributed by atoms with Gasteiger partial charge in [-0.25, -0.2) is 0 Å². The molecule has 1 aromatic rings. The van der Waals surface area contributed by atoms with Crippen molar-refractivity contribution in [1.29, 1.82) is 0 Å². The number of hydrogen-bond donors (Lipinski definition) is 1. The van der Waals surface area contributed by atoms with Gasteiger partial charge in [0.05, 0.1) is 6.20 Å². The number of rotatable bonds is 4. The molecule has 1 unspecified atom stereocenters. The lowest BCUT2D eigenvalue weighted by Crippen LogP contribution is -2.36. The third-order valence-electron chi connectivity index (χ3n) is 3.28. The number of piperidine rings is 1. The third kappa shape index (κ3) is 2.83. The molecule has 1 aliphatic heterocycles. The molecule has 16 heavy (non-hydrogen) atoms. The first kappa shape index (κ1) is 11.6. The molecule has 4 nitrogen and oxygen atoms in total. The van der Waals surface area contributed by atoms with Crippen molar-refractivity contribution in [1.82, 2.24) is 14.7 Å². The van der Waals surface area contributed by atoms with Crippen molar-refractivity contribution in [2.24, 2.45) is 5.92 Å². The molecular weight excluding hydrogens is 202 g/mol. The predicted octanol–water partition coefficient (Wildman–Crippen LogP) is 1.11. The number of aliphatic hydroxyl groups is 1. The minimum Gasteiger partial charge on any atom is -0.396 e. The van der Waals surface area contributed by atoms with Gasteiger partial charge < -0.3 is 5.11 Å². The molecule has 0 bridgehead atoms. The van der Waals surface area contributed by atoms with Crippen molar-refractivity contribution in [3.8, 4) is 0 Å². The third-order valence-corrected chi connectivity index (χ3v) is 3.28. The van der Waals surface area contributed by atoms with E-state index in [4.69, 9.17) is 0 Å². The highest BCUT2D eigenvalue weighted by molar-refractivity contribution is 5.03. The predicted molar refractivity (Wildman–Crippen MR) is 63.0 cm³/mol. The molecule has 1 N–H and O–H groups in total. The molecule has 0 aromatic carbocycles. The van der Waals surface area contributed by atoms with Crippen LogP contribution in [0.5, 0.6) is 0 Å². The number of aliphatic hydroxyl groups excluding tert-OH is 1. The molecule has 2 rings (SSSR count). The topological polar surface area (TPSA) is 41.3 Å². The van der Waals surface area contributed by atoms with Crippen molar-refractivity contribution in [3.63, 3.8) is 0 Å². The maximum absolute atomic E-state index is 9.17. The Hall–Kier alpha value is -0.870. The molecule has 1 atom stereocenters. The monoisotopic (exact) mass is 223 g/mol. The van der Waals surface area contributed by atoms with Crippen LogP contribution in [0.3, 0.4) is 0 Å². The summed E-state index contributed by atoms with van der Waals surface area (Å²) in [5.74, 6) is 0.468. The van der Waals surface area contributed by atoms with Gasteiger partial charge in [0.25, 0.3) is 0 Å². The standard InChI is InChI=1S/C12H21N3O/c1-2-15-9-12(6-13-15)8-14-5-3-4-11(7-14)10-16/h6,9,11,16H,2-5,7-8,10H2,1H3. The number of hydrogen-bond acceptors (Lipinski definition) is 3. The summed E-state index contributed by atoms with van der Waals surface area (Å²) in [5.41, 5.74) is 1.28. The fourth-order valence-electron chi connectivity index (χ4n) is 2.36. The Morgan fingerprint density at radius 2 is 2.44 bits per heavy atom. The summed E-state index contributed by atoms with van der Waals surface area (Å²) in [7, 11) is 0. The van der Waals surface area contributed by atoms with Crippen LogP contribution in [0.2, 0.25) is 0 Å². The van der Waals surface area contributed by atoms with Gasteiger partial charge in [0.2, 0.25) is 0 Å². The lowest BCUT2D eigenvalue weighted by Gasteiger charge is -2.31. The summed E-state index contributed by atoms with van der Waals surface area (Å²) >= 11 is 0. The zero-order valence-electron chi connectivity index (χ0n) is 9.97. The lowest BCUT2D eigenvalue weighted by molar-refractivity contribution is 0.116. The number of aryl methyl sites for hydroxylation is 1. The van der Waals surface area contributed by atoms with Crippen molar-refractivity contribution >= 4 is 0 Å². The highest BCUT2D eigenvalue weighted by Crippen LogP contribution is 2.17. The second-order valence-corrected chi connectivity index (χ2v) is 4.63. The SMILES string of the molecule is CCn1cc(CN2CCCC(CO)C2)cn1. The zero-order chi connectivity index (χ0) is 11.4. The van der Waals surface area contributed by atoms with E-state index in [1.807, 2.05) is 10.9 Å². The summed E-state index contributed by atoms with van der Waals surface area (Å²) in [6.45, 7) is 6.49. The fraction of sp³-hybridized carbons (Fsp3) is 0.750. The highest BCUT2D eigenvalue weighted by Gasteiger charge is 2.19. The summed E-state index contributed by atoms with van der Waals surface area (Å²) in [4.78, 5) is 2.42. The van der Waals surface area contributed by atoms with E-state index in [0.717, 1.165) is 26.2 Å². The van der Waals surface area contributed by atoms with E-state index in [2.05, 4.69) is 23.1 Å². The van der Waals surface area contributed by atoms with Gasteiger partial charge in [-0.3, -0.25) is 9.58 Å². The van der Waals surface area contributed by atoms with Crippen LogP contribution in [-0.4, -0.2) is 39.5 Å². The first-order valence-corrected chi connectivity index (χ1v) is 6.16. The Morgan fingerprint density at radius 1 is 1.56 bits per heavy atom. The number of aromatic nitrogens is 2. The maximum atomic E-state index is 9.17. The largest absolute Gasteiger partial charge is 0.396 e. The van der Waals surface area contributed by atoms with E-state index in [0.29, 0.717) is 12.5 Å². The van der Waals surface area contributed by atoms with Crippen LogP contribution in [0.1, 0.15) is 25.3 Å². The van der Waals surface area contributed by atoms with Crippen LogP contribution in [0.25, 0.3) is 0 Å². The molecule has 0 amide bonds. The van der Waals surface area contributed by atoms with Gasteiger partial charge in [-0.05, 0) is 32.2 Å². The average molecular weight is 223 g/mol. The molecule has 0 radical (unpaired) electrons. The van der Waals surface area contributed by atoms with Crippen LogP contribution >= 0.6 is 0 Å². The van der Waals surface area contributed by atoms with Gasteiger partial charge in [-0.2, -0.15) is 5.10 Å². The van der Waals surface area contributed by atoms with Crippen LogP contribution in [0, 0.1) is 5.92 Å². The molecule has 1 aliphatic rings. The second-order valence-electron chi connectivity index (χ2n) is 4.63. The van der Waals surface area contributed by atoms with E-state index in [-0.39, 0.29) is 0 Å². The zero-order valence-corrected chi connectivity index (χ0v) is 9.97. The van der Waals surface area contributed by atoms with Crippen molar-refractivity contribution in [2.45, 2.75) is 32.9 Å². The molecule has 2 heterocycles. The first-order chi connectivity index (χ1) is 7.81. The minimum absolute atomic E-state index is 0.324. The van der Waals surface area contributed by atoms with Gasteiger partial charge in [0.15, 0.2) is 0 Å². The van der Waals surface area contributed by atoms with Crippen LogP contribution < -0.4 is 0 Å². The van der Waals surface area contributed by atoms with E-state index >= 15 is 0 Å². The van der Waals surface area contributed by atoms with Gasteiger partial charge in [0, 0.05) is 38.0 Å². The van der Waals surface area contributed by atoms with Gasteiger partial charge in [-0.1, -0.05) is 0 Å². The molecule has 1 saturated heterocycles. The quantitative estimate of drug-likeness (QED) is 0.831.